The van der Waals surface area contributed by atoms with Gasteiger partial charge in [-0.05, 0) is 6.07 Å². The molecule has 0 aliphatic carbocycles. The average Bonchev–Trinajstić information content (AvgIpc) is 2.84. The summed E-state index contributed by atoms with van der Waals surface area (Å²) in [5.74, 6) is -15.2. The lowest BCUT2D eigenvalue weighted by Gasteiger charge is -2.42. The first kappa shape index (κ1) is 26.2. The first-order chi connectivity index (χ1) is 17.4. The number of fused-ring (bicyclic) bond motifs is 2. The lowest BCUT2D eigenvalue weighted by Crippen LogP contribution is -2.61. The summed E-state index contributed by atoms with van der Waals surface area (Å²) in [5.41, 5.74) is -1.55. The number of aliphatic hydroxyl groups is 4. The van der Waals surface area contributed by atoms with Gasteiger partial charge in [-0.25, -0.2) is 9.59 Å². The van der Waals surface area contributed by atoms with Crippen molar-refractivity contribution in [3.05, 3.63) is 17.2 Å². The van der Waals surface area contributed by atoms with Gasteiger partial charge in [-0.1, -0.05) is 0 Å². The number of benzene rings is 1. The third-order valence-corrected chi connectivity index (χ3v) is 6.26. The Kier molecular flexibility index (Phi) is 6.78. The highest BCUT2D eigenvalue weighted by atomic mass is 16.7. The molecule has 3 aliphatic rings. The van der Waals surface area contributed by atoms with E-state index in [4.69, 9.17) is 18.9 Å². The highest BCUT2D eigenvalue weighted by Crippen LogP contribution is 2.50. The number of ether oxygens (including phenoxy) is 4. The summed E-state index contributed by atoms with van der Waals surface area (Å²) >= 11 is 0. The first-order valence-electron chi connectivity index (χ1n) is 10.7. The Morgan fingerprint density at radius 1 is 0.973 bits per heavy atom. The molecule has 1 fully saturated rings. The third kappa shape index (κ3) is 4.34. The Labute approximate surface area is 205 Å². The Morgan fingerprint density at radius 2 is 1.65 bits per heavy atom. The van der Waals surface area contributed by atoms with Crippen molar-refractivity contribution in [2.24, 2.45) is 5.92 Å². The van der Waals surface area contributed by atoms with Crippen molar-refractivity contribution < 1.29 is 78.7 Å². The summed E-state index contributed by atoms with van der Waals surface area (Å²) in [4.78, 5) is 63.1. The van der Waals surface area contributed by atoms with Crippen LogP contribution in [-0.4, -0.2) is 109 Å². The molecule has 4 rings (SSSR count). The Balaban J connectivity index is 1.99. The number of aromatic hydroxyl groups is 2. The van der Waals surface area contributed by atoms with E-state index >= 15 is 0 Å². The predicted molar refractivity (Wildman–Crippen MR) is 108 cm³/mol. The molecular formula is C21H20O16. The van der Waals surface area contributed by atoms with Crippen molar-refractivity contribution in [3.63, 3.8) is 0 Å². The van der Waals surface area contributed by atoms with Crippen LogP contribution in [0, 0.1) is 5.92 Å². The van der Waals surface area contributed by atoms with E-state index in [9.17, 15) is 59.7 Å². The highest BCUT2D eigenvalue weighted by molar-refractivity contribution is 6.41. The van der Waals surface area contributed by atoms with Gasteiger partial charge in [-0.2, -0.15) is 0 Å². The summed E-state index contributed by atoms with van der Waals surface area (Å²) in [6, 6.07) is 0.528. The second kappa shape index (κ2) is 9.56. The minimum absolute atomic E-state index is 0.528. The second-order valence-electron chi connectivity index (χ2n) is 8.47. The van der Waals surface area contributed by atoms with Crippen molar-refractivity contribution in [1.82, 2.24) is 0 Å². The van der Waals surface area contributed by atoms with E-state index in [1.54, 1.807) is 0 Å². The number of phenols is 2. The molecule has 3 aliphatic heterocycles. The van der Waals surface area contributed by atoms with Gasteiger partial charge in [0, 0.05) is 17.0 Å². The van der Waals surface area contributed by atoms with E-state index < -0.39 is 120 Å². The van der Waals surface area contributed by atoms with Crippen LogP contribution in [0.15, 0.2) is 6.07 Å². The number of carboxylic acid groups (broad SMARTS) is 1. The number of carboxylic acids is 1. The van der Waals surface area contributed by atoms with E-state index in [1.807, 2.05) is 0 Å². The van der Waals surface area contributed by atoms with Crippen LogP contribution < -0.4 is 4.74 Å². The maximum Gasteiger partial charge on any atom is 0.380 e. The summed E-state index contributed by atoms with van der Waals surface area (Å²) < 4.78 is 19.9. The van der Waals surface area contributed by atoms with E-state index in [0.29, 0.717) is 6.07 Å². The van der Waals surface area contributed by atoms with E-state index in [-0.39, 0.29) is 0 Å². The highest BCUT2D eigenvalue weighted by Gasteiger charge is 2.54. The second-order valence-corrected chi connectivity index (χ2v) is 8.47. The largest absolute Gasteiger partial charge is 0.504 e. The number of aliphatic hydroxyl groups excluding tert-OH is 4. The van der Waals surface area contributed by atoms with Crippen LogP contribution in [0.2, 0.25) is 0 Å². The predicted octanol–water partition coefficient (Wildman–Crippen LogP) is -3.36. The number of Topliss-reactive ketones (excluding diaryl/α,β-unsaturated/α-hetero) is 1. The Bertz CT molecular complexity index is 1180. The van der Waals surface area contributed by atoms with Crippen LogP contribution >= 0.6 is 0 Å². The van der Waals surface area contributed by atoms with Gasteiger partial charge in [-0.3, -0.25) is 14.4 Å². The van der Waals surface area contributed by atoms with Gasteiger partial charge in [0.25, 0.3) is 5.78 Å². The number of aliphatic carboxylic acids is 1. The fraction of sp³-hybridized carbons (Fsp3) is 0.476. The number of esters is 3. The maximum absolute atomic E-state index is 13.3. The molecule has 2 bridgehead atoms. The Morgan fingerprint density at radius 3 is 2.27 bits per heavy atom. The van der Waals surface area contributed by atoms with Crippen LogP contribution in [0.1, 0.15) is 28.3 Å². The summed E-state index contributed by atoms with van der Waals surface area (Å²) in [7, 11) is 0. The molecule has 0 unspecified atom stereocenters. The van der Waals surface area contributed by atoms with E-state index in [1.165, 1.54) is 0 Å². The molecule has 0 saturated carbocycles. The molecule has 3 heterocycles. The van der Waals surface area contributed by atoms with Crippen molar-refractivity contribution >= 4 is 29.7 Å². The zero-order valence-corrected chi connectivity index (χ0v) is 18.4. The fourth-order valence-electron chi connectivity index (χ4n) is 4.54. The van der Waals surface area contributed by atoms with Gasteiger partial charge in [-0.15, -0.1) is 0 Å². The van der Waals surface area contributed by atoms with Gasteiger partial charge in [0.1, 0.15) is 12.2 Å². The minimum atomic E-state index is -2.34. The van der Waals surface area contributed by atoms with Crippen molar-refractivity contribution in [2.75, 3.05) is 6.61 Å². The molecule has 1 aromatic rings. The lowest BCUT2D eigenvalue weighted by atomic mass is 9.75. The number of carbonyl (C=O) groups is 5. The van der Waals surface area contributed by atoms with Gasteiger partial charge in [0.2, 0.25) is 5.75 Å². The molecular weight excluding hydrogens is 508 g/mol. The summed E-state index contributed by atoms with van der Waals surface area (Å²) in [6.07, 6.45) is -13.2. The molecule has 0 spiro atoms. The molecule has 16 heteroatoms. The quantitative estimate of drug-likeness (QED) is 0.0874. The SMILES string of the molecule is O=C(O)C[C@@H]1C(=O)O[C@H]2[C@H](O)[C@@H](OC(=O)C(=O)c3cc(O)c(O)c4c3[C@@H]1[C@H](O)C(=O)O4)[C@H](O)O[C@H]2CO. The zero-order valence-electron chi connectivity index (χ0n) is 18.4. The van der Waals surface area contributed by atoms with Crippen LogP contribution in [0.4, 0.5) is 0 Å². The third-order valence-electron chi connectivity index (χ3n) is 6.26. The van der Waals surface area contributed by atoms with Crippen LogP contribution in [0.3, 0.4) is 0 Å². The fourth-order valence-corrected chi connectivity index (χ4v) is 4.54. The maximum atomic E-state index is 13.3. The van der Waals surface area contributed by atoms with Gasteiger partial charge in [0.05, 0.1) is 18.9 Å². The number of phenolic OH excluding ortho intramolecular Hbond substituents is 2. The van der Waals surface area contributed by atoms with Gasteiger partial charge >= 0.3 is 23.9 Å². The van der Waals surface area contributed by atoms with Crippen LogP contribution in [-0.2, 0) is 33.4 Å². The van der Waals surface area contributed by atoms with Crippen molar-refractivity contribution in [2.45, 2.75) is 49.1 Å². The monoisotopic (exact) mass is 528 g/mol. The topological polar surface area (TPSA) is 264 Å². The number of ketones is 1. The van der Waals surface area contributed by atoms with Crippen LogP contribution in [0.25, 0.3) is 0 Å². The zero-order chi connectivity index (χ0) is 27.3. The number of carbonyl (C=O) groups excluding carboxylic acids is 4. The Hall–Kier alpha value is -3.83. The average molecular weight is 528 g/mol. The number of rotatable bonds is 3. The normalized spacial score (nSPS) is 33.7. The summed E-state index contributed by atoms with van der Waals surface area (Å²) in [5, 5.41) is 70.8. The molecule has 0 aromatic heterocycles. The van der Waals surface area contributed by atoms with Crippen molar-refractivity contribution in [1.29, 1.82) is 0 Å². The molecule has 16 nitrogen and oxygen atoms in total. The number of hydrogen-bond donors (Lipinski definition) is 7. The van der Waals surface area contributed by atoms with Gasteiger partial charge in [0.15, 0.2) is 36.1 Å². The molecule has 37 heavy (non-hydrogen) atoms. The molecule has 0 amide bonds. The number of hydrogen-bond acceptors (Lipinski definition) is 15. The minimum Gasteiger partial charge on any atom is -0.504 e. The first-order valence-corrected chi connectivity index (χ1v) is 10.7. The molecule has 200 valence electrons. The molecule has 1 saturated heterocycles. The van der Waals surface area contributed by atoms with Crippen LogP contribution in [0.5, 0.6) is 17.2 Å². The van der Waals surface area contributed by atoms with Crippen molar-refractivity contribution in [3.8, 4) is 17.2 Å². The molecule has 8 atom stereocenters. The molecule has 0 radical (unpaired) electrons. The van der Waals surface area contributed by atoms with Gasteiger partial charge < -0.3 is 54.7 Å². The lowest BCUT2D eigenvalue weighted by molar-refractivity contribution is -0.293. The standard InChI is InChI=1S/C21H20O16/c22-3-7-15-14(29)17(21(33)34-7)37-19(31)11(26)4-1-6(23)12(27)16-10(4)9(13(28)20(32)36-16)5(2-8(24)25)18(30)35-15/h1,5,7,9,13-15,17,21-23,27-29,33H,2-3H2,(H,24,25)/t5-,7-,9+,13-,14-,15+,17+,21+/m0/s1. The van der Waals surface area contributed by atoms with E-state index in [0.717, 1.165) is 0 Å². The summed E-state index contributed by atoms with van der Waals surface area (Å²) in [6.45, 7) is -0.951. The van der Waals surface area contributed by atoms with E-state index in [2.05, 4.69) is 0 Å². The molecule has 1 aromatic carbocycles. The molecule has 7 N–H and O–H groups in total. The smallest absolute Gasteiger partial charge is 0.380 e.